The molecule has 1 N–H and O–H groups in total. The maximum absolute atomic E-state index is 12.1. The van der Waals surface area contributed by atoms with Crippen LogP contribution in [0, 0.1) is 0 Å². The van der Waals surface area contributed by atoms with E-state index in [1.165, 1.54) is 29.7 Å². The second-order valence-corrected chi connectivity index (χ2v) is 7.99. The van der Waals surface area contributed by atoms with Gasteiger partial charge in [0.15, 0.2) is 9.84 Å². The van der Waals surface area contributed by atoms with E-state index in [0.717, 1.165) is 24.7 Å². The molecule has 1 aliphatic rings. The molecule has 23 heavy (non-hydrogen) atoms. The molecule has 0 bridgehead atoms. The summed E-state index contributed by atoms with van der Waals surface area (Å²) in [6, 6.07) is 12.5. The van der Waals surface area contributed by atoms with Gasteiger partial charge in [-0.15, -0.1) is 0 Å². The molecule has 1 aliphatic carbocycles. The lowest BCUT2D eigenvalue weighted by Crippen LogP contribution is -2.14. The van der Waals surface area contributed by atoms with Crippen LogP contribution in [0.4, 0.5) is 5.69 Å². The third kappa shape index (κ3) is 3.79. The minimum atomic E-state index is -3.22. The van der Waals surface area contributed by atoms with Gasteiger partial charge in [-0.05, 0) is 60.2 Å². The van der Waals surface area contributed by atoms with Crippen LogP contribution in [0.1, 0.15) is 23.1 Å². The van der Waals surface area contributed by atoms with Gasteiger partial charge in [-0.3, -0.25) is 4.79 Å². The van der Waals surface area contributed by atoms with Gasteiger partial charge in [-0.1, -0.05) is 18.2 Å². The van der Waals surface area contributed by atoms with Gasteiger partial charge in [-0.25, -0.2) is 8.42 Å². The van der Waals surface area contributed by atoms with E-state index in [-0.39, 0.29) is 10.8 Å². The molecule has 5 heteroatoms. The number of aryl methyl sites for hydroxylation is 2. The van der Waals surface area contributed by atoms with Crippen LogP contribution < -0.4 is 5.32 Å². The number of hydrogen-bond acceptors (Lipinski definition) is 3. The molecule has 1 amide bonds. The van der Waals surface area contributed by atoms with E-state index in [0.29, 0.717) is 12.1 Å². The summed E-state index contributed by atoms with van der Waals surface area (Å²) in [6.07, 6.45) is 4.90. The van der Waals surface area contributed by atoms with E-state index in [1.54, 1.807) is 12.1 Å². The van der Waals surface area contributed by atoms with Crippen LogP contribution in [0.25, 0.3) is 0 Å². The van der Waals surface area contributed by atoms with Gasteiger partial charge >= 0.3 is 0 Å². The highest BCUT2D eigenvalue weighted by atomic mass is 32.2. The Balaban J connectivity index is 1.65. The molecule has 3 rings (SSSR count). The molecule has 0 unspecified atom stereocenters. The summed E-state index contributed by atoms with van der Waals surface area (Å²) in [5.74, 6) is -0.102. The normalized spacial score (nSPS) is 13.6. The van der Waals surface area contributed by atoms with Crippen molar-refractivity contribution in [1.82, 2.24) is 0 Å². The lowest BCUT2D eigenvalue weighted by Gasteiger charge is -2.07. The lowest BCUT2D eigenvalue weighted by atomic mass is 10.0. The van der Waals surface area contributed by atoms with Crippen molar-refractivity contribution >= 4 is 21.4 Å². The number of carbonyl (C=O) groups is 1. The molecule has 0 saturated carbocycles. The molecule has 2 aromatic rings. The molecular formula is C18H19NO3S. The maximum Gasteiger partial charge on any atom is 0.228 e. The molecule has 0 heterocycles. The number of fused-ring (bicyclic) bond motifs is 1. The highest BCUT2D eigenvalue weighted by Gasteiger charge is 2.12. The maximum atomic E-state index is 12.1. The summed E-state index contributed by atoms with van der Waals surface area (Å²) in [6.45, 7) is 0. The second kappa shape index (κ2) is 6.16. The van der Waals surface area contributed by atoms with Crippen molar-refractivity contribution in [1.29, 1.82) is 0 Å². The Morgan fingerprint density at radius 3 is 2.43 bits per heavy atom. The van der Waals surface area contributed by atoms with Crippen LogP contribution in [0.2, 0.25) is 0 Å². The fourth-order valence-corrected chi connectivity index (χ4v) is 3.54. The Morgan fingerprint density at radius 2 is 1.74 bits per heavy atom. The fraction of sp³-hybridized carbons (Fsp3) is 0.278. The van der Waals surface area contributed by atoms with Gasteiger partial charge in [0.2, 0.25) is 5.91 Å². The number of carbonyl (C=O) groups excluding carboxylic acids is 1. The molecule has 0 radical (unpaired) electrons. The molecule has 0 fully saturated rings. The number of nitrogens with one attached hydrogen (secondary N) is 1. The van der Waals surface area contributed by atoms with Gasteiger partial charge in [0.05, 0.1) is 11.3 Å². The Morgan fingerprint density at radius 1 is 1.04 bits per heavy atom. The summed E-state index contributed by atoms with van der Waals surface area (Å²) in [7, 11) is -3.22. The highest BCUT2D eigenvalue weighted by molar-refractivity contribution is 7.90. The van der Waals surface area contributed by atoms with E-state index in [9.17, 15) is 13.2 Å². The third-order valence-electron chi connectivity index (χ3n) is 4.09. The van der Waals surface area contributed by atoms with Gasteiger partial charge < -0.3 is 5.32 Å². The zero-order valence-electron chi connectivity index (χ0n) is 13.0. The summed E-state index contributed by atoms with van der Waals surface area (Å²) < 4.78 is 22.8. The number of hydrogen-bond donors (Lipinski definition) is 1. The minimum Gasteiger partial charge on any atom is -0.326 e. The zero-order valence-corrected chi connectivity index (χ0v) is 13.8. The van der Waals surface area contributed by atoms with Crippen molar-refractivity contribution in [2.24, 2.45) is 0 Å². The molecule has 0 aromatic heterocycles. The lowest BCUT2D eigenvalue weighted by molar-refractivity contribution is -0.115. The van der Waals surface area contributed by atoms with Crippen molar-refractivity contribution in [3.63, 3.8) is 0 Å². The van der Waals surface area contributed by atoms with E-state index in [1.807, 2.05) is 6.07 Å². The summed E-state index contributed by atoms with van der Waals surface area (Å²) >= 11 is 0. The largest absolute Gasteiger partial charge is 0.326 e. The monoisotopic (exact) mass is 329 g/mol. The average Bonchev–Trinajstić information content (AvgIpc) is 2.94. The van der Waals surface area contributed by atoms with Gasteiger partial charge in [0, 0.05) is 11.9 Å². The van der Waals surface area contributed by atoms with E-state index in [4.69, 9.17) is 0 Å². The molecule has 2 aromatic carbocycles. The topological polar surface area (TPSA) is 63.2 Å². The van der Waals surface area contributed by atoms with Gasteiger partial charge in [-0.2, -0.15) is 0 Å². The van der Waals surface area contributed by atoms with Crippen molar-refractivity contribution in [3.8, 4) is 0 Å². The van der Waals surface area contributed by atoms with Crippen molar-refractivity contribution < 1.29 is 13.2 Å². The fourth-order valence-electron chi connectivity index (χ4n) is 2.91. The average molecular weight is 329 g/mol. The standard InChI is InChI=1S/C18H19NO3S/c1-23(21,22)17-9-7-16(8-10-17)19-18(20)12-13-5-6-14-3-2-4-15(14)11-13/h5-11H,2-4,12H2,1H3,(H,19,20). The minimum absolute atomic E-state index is 0.102. The van der Waals surface area contributed by atoms with Gasteiger partial charge in [0.1, 0.15) is 0 Å². The number of sulfone groups is 1. The quantitative estimate of drug-likeness (QED) is 0.938. The third-order valence-corrected chi connectivity index (χ3v) is 5.22. The van der Waals surface area contributed by atoms with Crippen molar-refractivity contribution in [2.75, 3.05) is 11.6 Å². The first-order valence-electron chi connectivity index (χ1n) is 7.62. The van der Waals surface area contributed by atoms with E-state index in [2.05, 4.69) is 17.4 Å². The van der Waals surface area contributed by atoms with E-state index >= 15 is 0 Å². The smallest absolute Gasteiger partial charge is 0.228 e. The second-order valence-electron chi connectivity index (χ2n) is 5.98. The molecule has 4 nitrogen and oxygen atoms in total. The molecule has 120 valence electrons. The number of benzene rings is 2. The summed E-state index contributed by atoms with van der Waals surface area (Å²) in [5.41, 5.74) is 4.36. The summed E-state index contributed by atoms with van der Waals surface area (Å²) in [4.78, 5) is 12.4. The Hall–Kier alpha value is -2.14. The van der Waals surface area contributed by atoms with Crippen molar-refractivity contribution in [2.45, 2.75) is 30.6 Å². The number of rotatable bonds is 4. The van der Waals surface area contributed by atoms with Crippen molar-refractivity contribution in [3.05, 3.63) is 59.2 Å². The Labute approximate surface area is 136 Å². The van der Waals surface area contributed by atoms with Crippen LogP contribution in [0.3, 0.4) is 0 Å². The first kappa shape index (κ1) is 15.7. The van der Waals surface area contributed by atoms with Crippen LogP contribution >= 0.6 is 0 Å². The predicted octanol–water partition coefficient (Wildman–Crippen LogP) is 2.76. The first-order chi connectivity index (χ1) is 10.9. The highest BCUT2D eigenvalue weighted by Crippen LogP contribution is 2.23. The van der Waals surface area contributed by atoms with Crippen LogP contribution in [0.15, 0.2) is 47.4 Å². The Kier molecular flexibility index (Phi) is 4.22. The molecule has 0 atom stereocenters. The SMILES string of the molecule is CS(=O)(=O)c1ccc(NC(=O)Cc2ccc3c(c2)CCC3)cc1. The Bertz CT molecular complexity index is 839. The van der Waals surface area contributed by atoms with Gasteiger partial charge in [0.25, 0.3) is 0 Å². The predicted molar refractivity (Wildman–Crippen MR) is 90.4 cm³/mol. The van der Waals surface area contributed by atoms with Crippen LogP contribution in [-0.4, -0.2) is 20.6 Å². The molecular weight excluding hydrogens is 310 g/mol. The molecule has 0 spiro atoms. The molecule has 0 saturated heterocycles. The van der Waals surface area contributed by atoms with Crippen LogP contribution in [0.5, 0.6) is 0 Å². The first-order valence-corrected chi connectivity index (χ1v) is 9.51. The number of amides is 1. The van der Waals surface area contributed by atoms with Crippen LogP contribution in [-0.2, 0) is 33.9 Å². The number of anilines is 1. The molecule has 0 aliphatic heterocycles. The zero-order chi connectivity index (χ0) is 16.4. The van der Waals surface area contributed by atoms with E-state index < -0.39 is 9.84 Å². The summed E-state index contributed by atoms with van der Waals surface area (Å²) in [5, 5.41) is 2.80.